The zero-order valence-corrected chi connectivity index (χ0v) is 13.7. The summed E-state index contributed by atoms with van der Waals surface area (Å²) in [6.07, 6.45) is 0. The summed E-state index contributed by atoms with van der Waals surface area (Å²) in [6.45, 7) is 0. The molecule has 2 rings (SSSR count). The van der Waals surface area contributed by atoms with Crippen molar-refractivity contribution in [3.05, 3.63) is 46.0 Å². The molecule has 0 fully saturated rings. The molecule has 132 valence electrons. The van der Waals surface area contributed by atoms with Gasteiger partial charge in [-0.15, -0.1) is 0 Å². The number of nitro groups is 1. The van der Waals surface area contributed by atoms with Crippen LogP contribution in [0.25, 0.3) is 0 Å². The highest BCUT2D eigenvalue weighted by molar-refractivity contribution is 6.06. The molecule has 0 spiro atoms. The maximum absolute atomic E-state index is 12.5. The third-order valence-corrected chi connectivity index (χ3v) is 3.35. The highest BCUT2D eigenvalue weighted by atomic mass is 16.6. The van der Waals surface area contributed by atoms with Crippen molar-refractivity contribution in [3.8, 4) is 23.0 Å². The van der Waals surface area contributed by atoms with Crippen LogP contribution in [0, 0.1) is 10.1 Å². The number of aromatic hydroxyl groups is 1. The van der Waals surface area contributed by atoms with E-state index in [4.69, 9.17) is 14.2 Å². The number of phenols is 1. The second kappa shape index (κ2) is 7.39. The molecule has 0 atom stereocenters. The van der Waals surface area contributed by atoms with Crippen LogP contribution in [-0.2, 0) is 0 Å². The highest BCUT2D eigenvalue weighted by Crippen LogP contribution is 2.38. The van der Waals surface area contributed by atoms with E-state index in [0.29, 0.717) is 5.75 Å². The van der Waals surface area contributed by atoms with Gasteiger partial charge in [0, 0.05) is 5.56 Å². The topological polar surface area (TPSA) is 120 Å². The maximum atomic E-state index is 12.5. The van der Waals surface area contributed by atoms with Crippen molar-refractivity contribution < 1.29 is 29.0 Å². The minimum absolute atomic E-state index is 0.0541. The van der Waals surface area contributed by atoms with Crippen molar-refractivity contribution in [1.82, 2.24) is 0 Å². The van der Waals surface area contributed by atoms with Crippen molar-refractivity contribution in [3.63, 3.8) is 0 Å². The van der Waals surface area contributed by atoms with Gasteiger partial charge in [-0.05, 0) is 24.3 Å². The minimum atomic E-state index is -0.704. The molecular formula is C16H16N2O7. The first-order chi connectivity index (χ1) is 11.9. The molecule has 9 heteroatoms. The first-order valence-corrected chi connectivity index (χ1v) is 7.00. The number of rotatable bonds is 6. The summed E-state index contributed by atoms with van der Waals surface area (Å²) < 4.78 is 15.5. The molecule has 9 nitrogen and oxygen atoms in total. The van der Waals surface area contributed by atoms with Crippen molar-refractivity contribution in [1.29, 1.82) is 0 Å². The third kappa shape index (κ3) is 3.71. The van der Waals surface area contributed by atoms with Gasteiger partial charge in [0.2, 0.25) is 5.75 Å². The van der Waals surface area contributed by atoms with Crippen molar-refractivity contribution in [2.45, 2.75) is 0 Å². The molecule has 2 aromatic rings. The quantitative estimate of drug-likeness (QED) is 0.467. The Morgan fingerprint density at radius 2 is 1.68 bits per heavy atom. The van der Waals surface area contributed by atoms with Crippen LogP contribution in [0.5, 0.6) is 23.0 Å². The number of hydrogen-bond donors (Lipinski definition) is 2. The molecule has 0 aliphatic heterocycles. The summed E-state index contributed by atoms with van der Waals surface area (Å²) in [6, 6.07) is 6.26. The first kappa shape index (κ1) is 17.9. The lowest BCUT2D eigenvalue weighted by molar-refractivity contribution is -0.384. The lowest BCUT2D eigenvalue weighted by Crippen LogP contribution is -2.13. The Balaban J connectivity index is 2.41. The number of hydrogen-bond acceptors (Lipinski definition) is 7. The maximum Gasteiger partial charge on any atom is 0.296 e. The molecule has 2 N–H and O–H groups in total. The second-order valence-corrected chi connectivity index (χ2v) is 4.83. The van der Waals surface area contributed by atoms with E-state index in [0.717, 1.165) is 6.07 Å². The zero-order chi connectivity index (χ0) is 18.6. The molecule has 0 saturated carbocycles. The SMILES string of the molecule is COc1cc(C(=O)Nc2ccc(O)cc2[N+](=O)[O-])cc(OC)c1OC. The Hall–Kier alpha value is -3.49. The zero-order valence-electron chi connectivity index (χ0n) is 13.7. The molecule has 1 amide bonds. The largest absolute Gasteiger partial charge is 0.508 e. The van der Waals surface area contributed by atoms with E-state index in [1.54, 1.807) is 0 Å². The van der Waals surface area contributed by atoms with Gasteiger partial charge in [0.25, 0.3) is 11.6 Å². The Kier molecular flexibility index (Phi) is 5.28. The molecule has 0 aliphatic rings. The Morgan fingerprint density at radius 3 is 2.16 bits per heavy atom. The fraction of sp³-hybridized carbons (Fsp3) is 0.188. The molecule has 0 aromatic heterocycles. The number of anilines is 1. The summed E-state index contributed by atoms with van der Waals surface area (Å²) in [7, 11) is 4.24. The number of nitrogens with zero attached hydrogens (tertiary/aromatic N) is 1. The number of nitro benzene ring substituents is 1. The van der Waals surface area contributed by atoms with Gasteiger partial charge in [0.05, 0.1) is 32.3 Å². The fourth-order valence-electron chi connectivity index (χ4n) is 2.18. The fourth-order valence-corrected chi connectivity index (χ4v) is 2.18. The molecule has 25 heavy (non-hydrogen) atoms. The summed E-state index contributed by atoms with van der Waals surface area (Å²) >= 11 is 0. The van der Waals surface area contributed by atoms with Crippen LogP contribution < -0.4 is 19.5 Å². The molecule has 0 saturated heterocycles. The smallest absolute Gasteiger partial charge is 0.296 e. The van der Waals surface area contributed by atoms with E-state index >= 15 is 0 Å². The number of benzene rings is 2. The van der Waals surface area contributed by atoms with Crippen LogP contribution in [-0.4, -0.2) is 37.3 Å². The van der Waals surface area contributed by atoms with Gasteiger partial charge in [-0.2, -0.15) is 0 Å². The third-order valence-electron chi connectivity index (χ3n) is 3.35. The van der Waals surface area contributed by atoms with Crippen molar-refractivity contribution in [2.75, 3.05) is 26.6 Å². The van der Waals surface area contributed by atoms with Gasteiger partial charge >= 0.3 is 0 Å². The number of carbonyl (C=O) groups is 1. The van der Waals surface area contributed by atoms with Crippen LogP contribution in [0.15, 0.2) is 30.3 Å². The number of carbonyl (C=O) groups excluding carboxylic acids is 1. The summed E-state index contributed by atoms with van der Waals surface area (Å²) in [5.41, 5.74) is -0.334. The highest BCUT2D eigenvalue weighted by Gasteiger charge is 2.20. The molecule has 0 radical (unpaired) electrons. The van der Waals surface area contributed by atoms with Gasteiger partial charge in [-0.1, -0.05) is 0 Å². The van der Waals surface area contributed by atoms with Crippen LogP contribution in [0.1, 0.15) is 10.4 Å². The monoisotopic (exact) mass is 348 g/mol. The standard InChI is InChI=1S/C16H16N2O7/c1-23-13-6-9(7-14(24-2)15(13)25-3)16(20)17-11-5-4-10(19)8-12(11)18(21)22/h4-8,19H,1-3H3,(H,17,20). The van der Waals surface area contributed by atoms with Gasteiger partial charge in [0.1, 0.15) is 11.4 Å². The van der Waals surface area contributed by atoms with Crippen LogP contribution >= 0.6 is 0 Å². The van der Waals surface area contributed by atoms with E-state index in [2.05, 4.69) is 5.32 Å². The van der Waals surface area contributed by atoms with Crippen LogP contribution in [0.2, 0.25) is 0 Å². The van der Waals surface area contributed by atoms with Crippen LogP contribution in [0.4, 0.5) is 11.4 Å². The molecule has 2 aromatic carbocycles. The normalized spacial score (nSPS) is 10.0. The van der Waals surface area contributed by atoms with E-state index in [-0.39, 0.29) is 28.5 Å². The molecule has 0 heterocycles. The molecule has 0 bridgehead atoms. The Labute approximate surface area is 142 Å². The average Bonchev–Trinajstić information content (AvgIpc) is 2.61. The Bertz CT molecular complexity index is 795. The number of nitrogens with one attached hydrogen (secondary N) is 1. The predicted octanol–water partition coefficient (Wildman–Crippen LogP) is 2.58. The minimum Gasteiger partial charge on any atom is -0.508 e. The lowest BCUT2D eigenvalue weighted by Gasteiger charge is -2.14. The Morgan fingerprint density at radius 1 is 1.08 bits per heavy atom. The molecule has 0 unspecified atom stereocenters. The van der Waals surface area contributed by atoms with Gasteiger partial charge in [-0.3, -0.25) is 14.9 Å². The number of ether oxygens (including phenoxy) is 3. The van der Waals surface area contributed by atoms with E-state index < -0.39 is 16.5 Å². The predicted molar refractivity (Wildman–Crippen MR) is 88.8 cm³/mol. The molecule has 0 aliphatic carbocycles. The summed E-state index contributed by atoms with van der Waals surface area (Å²) in [5, 5.41) is 22.9. The number of methoxy groups -OCH3 is 3. The number of phenolic OH excluding ortho intramolecular Hbond substituents is 1. The summed E-state index contributed by atoms with van der Waals surface area (Å²) in [5.74, 6) is -0.0397. The van der Waals surface area contributed by atoms with Crippen molar-refractivity contribution >= 4 is 17.3 Å². The van der Waals surface area contributed by atoms with Gasteiger partial charge < -0.3 is 24.6 Å². The van der Waals surface area contributed by atoms with E-state index in [1.165, 1.54) is 45.6 Å². The lowest BCUT2D eigenvalue weighted by atomic mass is 10.1. The van der Waals surface area contributed by atoms with Crippen LogP contribution in [0.3, 0.4) is 0 Å². The van der Waals surface area contributed by atoms with Crippen molar-refractivity contribution in [2.24, 2.45) is 0 Å². The summed E-state index contributed by atoms with van der Waals surface area (Å²) in [4.78, 5) is 22.8. The van der Waals surface area contributed by atoms with E-state index in [9.17, 15) is 20.0 Å². The second-order valence-electron chi connectivity index (χ2n) is 4.83. The van der Waals surface area contributed by atoms with E-state index in [1.807, 2.05) is 0 Å². The van der Waals surface area contributed by atoms with Gasteiger partial charge in [-0.25, -0.2) is 0 Å². The first-order valence-electron chi connectivity index (χ1n) is 7.00. The molecular weight excluding hydrogens is 332 g/mol. The average molecular weight is 348 g/mol. The van der Waals surface area contributed by atoms with Gasteiger partial charge in [0.15, 0.2) is 11.5 Å². The number of amides is 1.